The highest BCUT2D eigenvalue weighted by atomic mass is 79.9. The lowest BCUT2D eigenvalue weighted by molar-refractivity contribution is 0.224. The van der Waals surface area contributed by atoms with Gasteiger partial charge in [0.05, 0.1) is 12.5 Å². The van der Waals surface area contributed by atoms with E-state index in [0.29, 0.717) is 55.6 Å². The van der Waals surface area contributed by atoms with E-state index >= 15 is 0 Å². The molecule has 1 N–H and O–H groups in total. The van der Waals surface area contributed by atoms with Crippen molar-refractivity contribution < 1.29 is 18.7 Å². The Morgan fingerprint density at radius 2 is 1.93 bits per heavy atom. The summed E-state index contributed by atoms with van der Waals surface area (Å²) in [4.78, 5) is 15.7. The highest BCUT2D eigenvalue weighted by Crippen LogP contribution is 2.38. The molecule has 2 aromatic carbocycles. The fourth-order valence-electron chi connectivity index (χ4n) is 4.13. The van der Waals surface area contributed by atoms with Crippen LogP contribution in [0.4, 0.5) is 0 Å². The lowest BCUT2D eigenvalue weighted by Gasteiger charge is -2.29. The quantitative estimate of drug-likeness (QED) is 0.352. The molecule has 0 radical (unpaired) electrons. The van der Waals surface area contributed by atoms with E-state index in [9.17, 15) is 9.90 Å². The Hall–Kier alpha value is -2.51. The number of hydrogen-bond acceptors (Lipinski definition) is 6. The number of benzene rings is 2. The largest absolute Gasteiger partial charge is 0.508 e. The summed E-state index contributed by atoms with van der Waals surface area (Å²) in [6, 6.07) is 8.63. The number of aromatic hydroxyl groups is 1. The number of rotatable bonds is 3. The van der Waals surface area contributed by atoms with E-state index in [1.807, 2.05) is 6.07 Å². The first-order valence-electron chi connectivity index (χ1n) is 9.59. The van der Waals surface area contributed by atoms with Gasteiger partial charge in [0.15, 0.2) is 5.58 Å². The van der Waals surface area contributed by atoms with Gasteiger partial charge in [-0.05, 0) is 50.2 Å². The van der Waals surface area contributed by atoms with Crippen LogP contribution in [0.3, 0.4) is 0 Å². The van der Waals surface area contributed by atoms with Crippen LogP contribution in [-0.4, -0.2) is 35.0 Å². The Bertz CT molecular complexity index is 1280. The molecule has 0 amide bonds. The van der Waals surface area contributed by atoms with E-state index in [2.05, 4.69) is 20.8 Å². The Morgan fingerprint density at radius 3 is 2.69 bits per heavy atom. The van der Waals surface area contributed by atoms with Gasteiger partial charge >= 0.3 is 5.63 Å². The number of methoxy groups -OCH3 is 1. The Balaban J connectivity index is 1.73. The predicted octanol–water partition coefficient (Wildman–Crippen LogP) is 4.77. The topological polar surface area (TPSA) is 76.0 Å². The minimum absolute atomic E-state index is 0.162. The average molecular weight is 458 g/mol. The van der Waals surface area contributed by atoms with Gasteiger partial charge in [-0.3, -0.25) is 4.90 Å². The van der Waals surface area contributed by atoms with Crippen molar-refractivity contribution in [3.63, 3.8) is 0 Å². The molecule has 0 bridgehead atoms. The van der Waals surface area contributed by atoms with Gasteiger partial charge in [-0.2, -0.15) is 0 Å². The average Bonchev–Trinajstić information content (AvgIpc) is 3.12. The summed E-state index contributed by atoms with van der Waals surface area (Å²) in [5.41, 5.74) is 1.67. The highest BCUT2D eigenvalue weighted by molar-refractivity contribution is 9.09. The number of alkyl halides is 1. The molecule has 0 unspecified atom stereocenters. The summed E-state index contributed by atoms with van der Waals surface area (Å²) in [7, 11) is 1.56. The number of phenolic OH excluding ortho intramolecular Hbond substituents is 1. The Morgan fingerprint density at radius 1 is 1.14 bits per heavy atom. The van der Waals surface area contributed by atoms with E-state index in [4.69, 9.17) is 13.6 Å². The van der Waals surface area contributed by atoms with Crippen molar-refractivity contribution >= 4 is 48.8 Å². The molecule has 0 atom stereocenters. The molecular weight excluding hydrogens is 438 g/mol. The summed E-state index contributed by atoms with van der Waals surface area (Å²) >= 11 is 3.67. The van der Waals surface area contributed by atoms with Gasteiger partial charge in [0.1, 0.15) is 28.1 Å². The first-order valence-corrected chi connectivity index (χ1v) is 10.5. The molecule has 0 saturated carbocycles. The van der Waals surface area contributed by atoms with Crippen molar-refractivity contribution in [1.82, 2.24) is 4.90 Å². The minimum Gasteiger partial charge on any atom is -0.508 e. The van der Waals surface area contributed by atoms with Gasteiger partial charge in [0.2, 0.25) is 0 Å². The monoisotopic (exact) mass is 457 g/mol. The van der Waals surface area contributed by atoms with Crippen molar-refractivity contribution in [3.8, 4) is 11.5 Å². The number of halogens is 1. The maximum absolute atomic E-state index is 12.9. The number of phenols is 1. The van der Waals surface area contributed by atoms with Crippen LogP contribution >= 0.6 is 15.9 Å². The second-order valence-electron chi connectivity index (χ2n) is 7.44. The smallest absolute Gasteiger partial charge is 0.348 e. The van der Waals surface area contributed by atoms with Crippen LogP contribution in [0, 0.1) is 0 Å². The lowest BCUT2D eigenvalue weighted by Crippen LogP contribution is -2.33. The molecule has 4 aromatic rings. The Labute approximate surface area is 174 Å². The van der Waals surface area contributed by atoms with Gasteiger partial charge < -0.3 is 18.7 Å². The highest BCUT2D eigenvalue weighted by Gasteiger charge is 2.24. The number of ether oxygens (including phenoxy) is 1. The lowest BCUT2D eigenvalue weighted by atomic mass is 10.0. The molecule has 29 heavy (non-hydrogen) atoms. The summed E-state index contributed by atoms with van der Waals surface area (Å²) in [5, 5.41) is 12.3. The first kappa shape index (κ1) is 18.5. The standard InChI is InChI=1S/C22H20BrNO5/c1-27-13-2-3-14-18(10-13)29-22(26)20-19-15(11-24-8-6-12(23)7-9-24)16(25)4-5-17(19)28-21(14)20/h2-5,10,12,25H,6-9,11H2,1H3. The summed E-state index contributed by atoms with van der Waals surface area (Å²) in [6.45, 7) is 2.41. The van der Waals surface area contributed by atoms with Crippen molar-refractivity contribution in [2.75, 3.05) is 20.2 Å². The van der Waals surface area contributed by atoms with Crippen molar-refractivity contribution in [2.24, 2.45) is 0 Å². The molecular formula is C22H20BrNO5. The minimum atomic E-state index is -0.481. The molecule has 6 nitrogen and oxygen atoms in total. The SMILES string of the molecule is COc1ccc2c(c1)oc(=O)c1c2oc2ccc(O)c(CN3CCC(Br)CC3)c21. The maximum atomic E-state index is 12.9. The van der Waals surface area contributed by atoms with E-state index in [1.165, 1.54) is 0 Å². The van der Waals surface area contributed by atoms with Crippen LogP contribution in [0.15, 0.2) is 44.0 Å². The zero-order valence-corrected chi connectivity index (χ0v) is 17.5. The summed E-state index contributed by atoms with van der Waals surface area (Å²) in [6.07, 6.45) is 2.11. The molecule has 1 aliphatic heterocycles. The van der Waals surface area contributed by atoms with Gasteiger partial charge in [-0.1, -0.05) is 15.9 Å². The van der Waals surface area contributed by atoms with Crippen LogP contribution < -0.4 is 10.4 Å². The summed E-state index contributed by atoms with van der Waals surface area (Å²) in [5.74, 6) is 0.764. The molecule has 1 saturated heterocycles. The molecule has 0 aliphatic carbocycles. The van der Waals surface area contributed by atoms with Crippen LogP contribution in [-0.2, 0) is 6.54 Å². The van der Waals surface area contributed by atoms with E-state index < -0.39 is 5.63 Å². The second-order valence-corrected chi connectivity index (χ2v) is 8.74. The van der Waals surface area contributed by atoms with Gasteiger partial charge in [-0.15, -0.1) is 0 Å². The van der Waals surface area contributed by atoms with Gasteiger partial charge in [-0.25, -0.2) is 4.79 Å². The predicted molar refractivity (Wildman–Crippen MR) is 115 cm³/mol. The number of piperidine rings is 1. The van der Waals surface area contributed by atoms with Crippen LogP contribution in [0.5, 0.6) is 11.5 Å². The summed E-state index contributed by atoms with van der Waals surface area (Å²) < 4.78 is 16.9. The number of nitrogens with zero attached hydrogens (tertiary/aromatic N) is 1. The van der Waals surface area contributed by atoms with Crippen molar-refractivity contribution in [1.29, 1.82) is 0 Å². The fraction of sp³-hybridized carbons (Fsp3) is 0.318. The molecule has 1 fully saturated rings. The second kappa shape index (κ2) is 7.07. The van der Waals surface area contributed by atoms with Crippen molar-refractivity contribution in [3.05, 3.63) is 46.3 Å². The Kier molecular flexibility index (Phi) is 4.52. The first-order chi connectivity index (χ1) is 14.0. The zero-order chi connectivity index (χ0) is 20.1. The molecule has 1 aliphatic rings. The van der Waals surface area contributed by atoms with E-state index in [1.54, 1.807) is 31.4 Å². The van der Waals surface area contributed by atoms with E-state index in [0.717, 1.165) is 25.9 Å². The maximum Gasteiger partial charge on any atom is 0.348 e. The van der Waals surface area contributed by atoms with Gasteiger partial charge in [0.25, 0.3) is 0 Å². The molecule has 5 rings (SSSR count). The van der Waals surface area contributed by atoms with Gasteiger partial charge in [0, 0.05) is 28.4 Å². The third-order valence-corrected chi connectivity index (χ3v) is 6.59. The van der Waals surface area contributed by atoms with Crippen molar-refractivity contribution in [2.45, 2.75) is 24.2 Å². The third kappa shape index (κ3) is 3.09. The number of furan rings is 1. The van der Waals surface area contributed by atoms with Crippen LogP contribution in [0.1, 0.15) is 18.4 Å². The number of fused-ring (bicyclic) bond motifs is 5. The molecule has 0 spiro atoms. The third-order valence-electron chi connectivity index (χ3n) is 5.68. The number of hydrogen-bond donors (Lipinski definition) is 1. The van der Waals surface area contributed by atoms with Crippen LogP contribution in [0.25, 0.3) is 32.9 Å². The van der Waals surface area contributed by atoms with Crippen LogP contribution in [0.2, 0.25) is 0 Å². The molecule has 150 valence electrons. The molecule has 2 aromatic heterocycles. The normalized spacial score (nSPS) is 16.2. The molecule has 3 heterocycles. The van der Waals surface area contributed by atoms with E-state index in [-0.39, 0.29) is 5.75 Å². The zero-order valence-electron chi connectivity index (χ0n) is 15.9. The number of likely N-dealkylation sites (tertiary alicyclic amines) is 1. The fourth-order valence-corrected chi connectivity index (χ4v) is 4.54. The molecule has 7 heteroatoms.